The molecular weight excluding hydrogens is 620 g/mol. The van der Waals surface area contributed by atoms with Crippen molar-refractivity contribution in [3.63, 3.8) is 0 Å². The van der Waals surface area contributed by atoms with Crippen molar-refractivity contribution >= 4 is 21.4 Å². The van der Waals surface area contributed by atoms with Gasteiger partial charge < -0.3 is 14.8 Å². The summed E-state index contributed by atoms with van der Waals surface area (Å²) < 4.78 is 68.5. The molecule has 1 N–H and O–H groups in total. The maximum absolute atomic E-state index is 16.0. The molecule has 7 rings (SSSR count). The monoisotopic (exact) mass is 652 g/mol. The van der Waals surface area contributed by atoms with E-state index in [2.05, 4.69) is 35.0 Å². The summed E-state index contributed by atoms with van der Waals surface area (Å²) in [5, 5.41) is 11.0. The minimum atomic E-state index is -2.99. The summed E-state index contributed by atoms with van der Waals surface area (Å²) in [5.74, 6) is -1.88. The molecule has 1 aromatic carbocycles. The van der Waals surface area contributed by atoms with Crippen molar-refractivity contribution in [2.24, 2.45) is 0 Å². The van der Waals surface area contributed by atoms with Crippen LogP contribution < -0.4 is 10.1 Å². The largest absolute Gasteiger partial charge is 0.490 e. The highest BCUT2D eigenvalue weighted by Gasteiger charge is 2.29. The van der Waals surface area contributed by atoms with Gasteiger partial charge >= 0.3 is 6.61 Å². The maximum Gasteiger partial charge on any atom is 0.345 e. The van der Waals surface area contributed by atoms with Crippen molar-refractivity contribution in [1.29, 1.82) is 0 Å². The molecule has 0 aliphatic carbocycles. The van der Waals surface area contributed by atoms with E-state index < -0.39 is 24.9 Å². The van der Waals surface area contributed by atoms with Gasteiger partial charge in [-0.05, 0) is 50.0 Å². The number of ether oxygens (including phenoxy) is 2. The number of rotatable bonds is 8. The van der Waals surface area contributed by atoms with E-state index >= 15 is 4.39 Å². The quantitative estimate of drug-likeness (QED) is 0.143. The lowest BCUT2D eigenvalue weighted by Crippen LogP contribution is -2.31. The van der Waals surface area contributed by atoms with Crippen LogP contribution in [0.1, 0.15) is 42.9 Å². The second-order valence-electron chi connectivity index (χ2n) is 11.6. The van der Waals surface area contributed by atoms with E-state index in [-0.39, 0.29) is 30.0 Å². The lowest BCUT2D eigenvalue weighted by atomic mass is 9.94. The second-order valence-corrected chi connectivity index (χ2v) is 12.5. The third-order valence-corrected chi connectivity index (χ3v) is 9.75. The Hall–Kier alpha value is -3.91. The van der Waals surface area contributed by atoms with Gasteiger partial charge in [0.05, 0.1) is 30.1 Å². The van der Waals surface area contributed by atoms with E-state index in [1.54, 1.807) is 0 Å². The molecule has 0 spiro atoms. The maximum atomic E-state index is 16.0. The van der Waals surface area contributed by atoms with Gasteiger partial charge in [0.1, 0.15) is 35.4 Å². The molecule has 13 heteroatoms. The van der Waals surface area contributed by atoms with Gasteiger partial charge in [0.2, 0.25) is 0 Å². The van der Waals surface area contributed by atoms with Gasteiger partial charge in [0, 0.05) is 76.8 Å². The Morgan fingerprint density at radius 3 is 2.72 bits per heavy atom. The SMILES string of the molecule is CC1c2cc(-c3nc(-c4cc5n(n4)CCN[C@@H]5C)c(-c4c(F)cc(F)cc4OCCOC(F)F)c4sccc34)cnc2CCN1C. The normalized spacial score (nSPS) is 18.3. The zero-order valence-corrected chi connectivity index (χ0v) is 26.3. The molecule has 0 saturated heterocycles. The highest BCUT2D eigenvalue weighted by molar-refractivity contribution is 7.18. The van der Waals surface area contributed by atoms with Crippen molar-refractivity contribution in [2.45, 2.75) is 45.5 Å². The van der Waals surface area contributed by atoms with Gasteiger partial charge in [-0.2, -0.15) is 13.9 Å². The van der Waals surface area contributed by atoms with Crippen molar-refractivity contribution in [3.8, 4) is 39.5 Å². The van der Waals surface area contributed by atoms with E-state index in [0.717, 1.165) is 59.5 Å². The average Bonchev–Trinajstić information content (AvgIpc) is 3.69. The molecule has 1 unspecified atom stereocenters. The van der Waals surface area contributed by atoms with Crippen LogP contribution in [0.2, 0.25) is 0 Å². The molecular formula is C33H32F4N6O2S. The Bertz CT molecular complexity index is 1930. The van der Waals surface area contributed by atoms with Gasteiger partial charge in [-0.15, -0.1) is 11.3 Å². The Morgan fingerprint density at radius 1 is 1.07 bits per heavy atom. The lowest BCUT2D eigenvalue weighted by molar-refractivity contribution is -0.133. The summed E-state index contributed by atoms with van der Waals surface area (Å²) in [6, 6.07) is 8.02. The number of halogens is 4. The van der Waals surface area contributed by atoms with Crippen molar-refractivity contribution in [2.75, 3.05) is 33.4 Å². The van der Waals surface area contributed by atoms with E-state index in [4.69, 9.17) is 19.8 Å². The molecule has 0 fully saturated rings. The number of nitrogens with zero attached hydrogens (tertiary/aromatic N) is 5. The second kappa shape index (κ2) is 12.4. The molecule has 2 aliphatic heterocycles. The predicted molar refractivity (Wildman–Crippen MR) is 168 cm³/mol. The zero-order chi connectivity index (χ0) is 32.1. The molecule has 0 saturated carbocycles. The van der Waals surface area contributed by atoms with E-state index in [9.17, 15) is 13.2 Å². The Labute approximate surface area is 267 Å². The molecule has 0 radical (unpaired) electrons. The fraction of sp³-hybridized carbons (Fsp3) is 0.364. The number of fused-ring (bicyclic) bond motifs is 3. The van der Waals surface area contributed by atoms with Gasteiger partial charge in [-0.1, -0.05) is 0 Å². The van der Waals surface area contributed by atoms with Gasteiger partial charge in [0.25, 0.3) is 0 Å². The van der Waals surface area contributed by atoms with Crippen LogP contribution in [0.5, 0.6) is 5.75 Å². The van der Waals surface area contributed by atoms with E-state index in [1.165, 1.54) is 11.3 Å². The number of aromatic nitrogens is 4. The third kappa shape index (κ3) is 5.55. The minimum Gasteiger partial charge on any atom is -0.490 e. The summed E-state index contributed by atoms with van der Waals surface area (Å²) in [5.41, 5.74) is 5.88. The fourth-order valence-electron chi connectivity index (χ4n) is 6.35. The predicted octanol–water partition coefficient (Wildman–Crippen LogP) is 7.00. The van der Waals surface area contributed by atoms with Crippen molar-refractivity contribution in [3.05, 3.63) is 70.5 Å². The summed E-state index contributed by atoms with van der Waals surface area (Å²) in [6.07, 6.45) is 2.68. The fourth-order valence-corrected chi connectivity index (χ4v) is 7.30. The summed E-state index contributed by atoms with van der Waals surface area (Å²) in [7, 11) is 2.09. The highest BCUT2D eigenvalue weighted by Crippen LogP contribution is 2.47. The molecule has 4 aromatic heterocycles. The summed E-state index contributed by atoms with van der Waals surface area (Å²) in [6.45, 7) is 2.70. The molecule has 240 valence electrons. The molecule has 0 bridgehead atoms. The molecule has 46 heavy (non-hydrogen) atoms. The smallest absolute Gasteiger partial charge is 0.345 e. The number of alkyl halides is 2. The van der Waals surface area contributed by atoms with Crippen LogP contribution in [-0.4, -0.2) is 64.6 Å². The van der Waals surface area contributed by atoms with Crippen LogP contribution in [0, 0.1) is 11.6 Å². The van der Waals surface area contributed by atoms with E-state index in [0.29, 0.717) is 33.9 Å². The van der Waals surface area contributed by atoms with E-state index in [1.807, 2.05) is 35.3 Å². The van der Waals surface area contributed by atoms with Crippen molar-refractivity contribution in [1.82, 2.24) is 30.0 Å². The number of nitrogens with one attached hydrogen (secondary N) is 1. The number of pyridine rings is 2. The van der Waals surface area contributed by atoms with Crippen LogP contribution in [0.4, 0.5) is 17.6 Å². The first kappa shape index (κ1) is 30.7. The Balaban J connectivity index is 1.46. The van der Waals surface area contributed by atoms with Crippen LogP contribution >= 0.6 is 11.3 Å². The molecule has 2 aliphatic rings. The summed E-state index contributed by atoms with van der Waals surface area (Å²) >= 11 is 1.39. The highest BCUT2D eigenvalue weighted by atomic mass is 32.1. The number of hydrogen-bond acceptors (Lipinski definition) is 8. The molecule has 0 amide bonds. The first-order valence-electron chi connectivity index (χ1n) is 15.1. The summed E-state index contributed by atoms with van der Waals surface area (Å²) in [4.78, 5) is 12.3. The number of thiophene rings is 1. The third-order valence-electron chi connectivity index (χ3n) is 8.82. The van der Waals surface area contributed by atoms with Crippen molar-refractivity contribution < 1.29 is 27.0 Å². The van der Waals surface area contributed by atoms with Crippen LogP contribution in [0.25, 0.3) is 43.9 Å². The Morgan fingerprint density at radius 2 is 1.91 bits per heavy atom. The van der Waals surface area contributed by atoms with Gasteiger partial charge in [0.15, 0.2) is 0 Å². The van der Waals surface area contributed by atoms with Gasteiger partial charge in [-0.25, -0.2) is 13.8 Å². The van der Waals surface area contributed by atoms with Gasteiger partial charge in [-0.3, -0.25) is 14.6 Å². The Kier molecular flexibility index (Phi) is 8.26. The topological polar surface area (TPSA) is 77.3 Å². The first-order valence-corrected chi connectivity index (χ1v) is 16.0. The zero-order valence-electron chi connectivity index (χ0n) is 25.5. The molecule has 5 aromatic rings. The molecule has 2 atom stereocenters. The number of benzene rings is 1. The number of likely N-dealkylation sites (N-methyl/N-ethyl adjacent to an activating group) is 1. The average molecular weight is 653 g/mol. The minimum absolute atomic E-state index is 0.0306. The van der Waals surface area contributed by atoms with Crippen LogP contribution in [0.3, 0.4) is 0 Å². The lowest BCUT2D eigenvalue weighted by Gasteiger charge is -2.31. The molecule has 8 nitrogen and oxygen atoms in total. The number of hydrogen-bond donors (Lipinski definition) is 1. The standard InChI is InChI=1S/C33H32F4N6O2S/c1-17-26-15-25(41-43(26)8-6-38-17)31-29(28-23(35)13-20(34)14-27(28)44-9-10-45-33(36)37)32-21(5-11-46-32)30(40-31)19-12-22-18(2)42(3)7-4-24(22)39-16-19/h5,11-18,33,38H,4,6-10H2,1-3H3/t17-,18?/m1/s1. The molecule has 6 heterocycles. The first-order chi connectivity index (χ1) is 22.2. The van der Waals surface area contributed by atoms with Crippen LogP contribution in [0.15, 0.2) is 41.9 Å². The van der Waals surface area contributed by atoms with Crippen LogP contribution in [-0.2, 0) is 17.7 Å².